The number of hydrogen-bond acceptors (Lipinski definition) is 4. The standard InChI is InChI=1S/C18H12N2O2S/c21-18(15-11-16(22-20-15)17-9-4-10-23-17)19-14-8-3-6-12-5-1-2-7-13(12)14/h1-11H,(H,19,21). The van der Waals surface area contributed by atoms with Crippen molar-refractivity contribution in [3.05, 3.63) is 71.7 Å². The van der Waals surface area contributed by atoms with E-state index >= 15 is 0 Å². The predicted octanol–water partition coefficient (Wildman–Crippen LogP) is 4.81. The van der Waals surface area contributed by atoms with Crippen LogP contribution in [0.1, 0.15) is 10.5 Å². The Labute approximate surface area is 136 Å². The van der Waals surface area contributed by atoms with Crippen LogP contribution in [0.25, 0.3) is 21.4 Å². The highest BCUT2D eigenvalue weighted by atomic mass is 32.1. The zero-order valence-electron chi connectivity index (χ0n) is 12.0. The van der Waals surface area contributed by atoms with Gasteiger partial charge in [-0.25, -0.2) is 0 Å². The van der Waals surface area contributed by atoms with Gasteiger partial charge >= 0.3 is 0 Å². The van der Waals surface area contributed by atoms with Crippen LogP contribution in [-0.2, 0) is 0 Å². The highest BCUT2D eigenvalue weighted by Gasteiger charge is 2.15. The fourth-order valence-electron chi connectivity index (χ4n) is 2.44. The molecule has 0 aliphatic carbocycles. The van der Waals surface area contributed by atoms with Crippen molar-refractivity contribution in [2.45, 2.75) is 0 Å². The molecule has 0 saturated heterocycles. The van der Waals surface area contributed by atoms with Gasteiger partial charge in [0.25, 0.3) is 5.91 Å². The fourth-order valence-corrected chi connectivity index (χ4v) is 3.11. The van der Waals surface area contributed by atoms with Crippen LogP contribution in [0.2, 0.25) is 0 Å². The molecule has 0 radical (unpaired) electrons. The minimum atomic E-state index is -0.284. The van der Waals surface area contributed by atoms with Gasteiger partial charge in [-0.05, 0) is 22.9 Å². The maximum Gasteiger partial charge on any atom is 0.277 e. The highest BCUT2D eigenvalue weighted by Crippen LogP contribution is 2.26. The van der Waals surface area contributed by atoms with E-state index in [1.165, 1.54) is 0 Å². The maximum absolute atomic E-state index is 12.4. The van der Waals surface area contributed by atoms with E-state index in [4.69, 9.17) is 4.52 Å². The molecule has 2 aromatic carbocycles. The molecule has 112 valence electrons. The third-order valence-corrected chi connectivity index (χ3v) is 4.43. The Morgan fingerprint density at radius 1 is 1.04 bits per heavy atom. The summed E-state index contributed by atoms with van der Waals surface area (Å²) in [5.41, 5.74) is 1.02. The number of carbonyl (C=O) groups is 1. The second-order valence-corrected chi connectivity index (χ2v) is 5.98. The third-order valence-electron chi connectivity index (χ3n) is 3.54. The highest BCUT2D eigenvalue weighted by molar-refractivity contribution is 7.13. The number of thiophene rings is 1. The lowest BCUT2D eigenvalue weighted by Gasteiger charge is -2.06. The molecule has 0 saturated carbocycles. The molecule has 0 fully saturated rings. The van der Waals surface area contributed by atoms with E-state index in [9.17, 15) is 4.79 Å². The van der Waals surface area contributed by atoms with Gasteiger partial charge in [0.05, 0.1) is 4.88 Å². The second-order valence-electron chi connectivity index (χ2n) is 5.03. The normalized spacial score (nSPS) is 10.8. The van der Waals surface area contributed by atoms with Gasteiger partial charge in [-0.15, -0.1) is 11.3 Å². The van der Waals surface area contributed by atoms with Crippen molar-refractivity contribution in [3.63, 3.8) is 0 Å². The number of amides is 1. The number of benzene rings is 2. The van der Waals surface area contributed by atoms with Gasteiger partial charge in [0, 0.05) is 17.1 Å². The SMILES string of the molecule is O=C(Nc1cccc2ccccc12)c1cc(-c2cccs2)on1. The predicted molar refractivity (Wildman–Crippen MR) is 91.7 cm³/mol. The summed E-state index contributed by atoms with van der Waals surface area (Å²) in [7, 11) is 0. The number of nitrogens with zero attached hydrogens (tertiary/aromatic N) is 1. The molecule has 1 amide bonds. The van der Waals surface area contributed by atoms with Gasteiger partial charge in [-0.1, -0.05) is 47.6 Å². The van der Waals surface area contributed by atoms with Gasteiger partial charge in [-0.2, -0.15) is 0 Å². The van der Waals surface area contributed by atoms with Crippen LogP contribution in [-0.4, -0.2) is 11.1 Å². The summed E-state index contributed by atoms with van der Waals surface area (Å²) in [5, 5.41) is 10.8. The second kappa shape index (κ2) is 5.70. The molecule has 0 aliphatic heterocycles. The van der Waals surface area contributed by atoms with Crippen molar-refractivity contribution >= 4 is 33.7 Å². The number of rotatable bonds is 3. The van der Waals surface area contributed by atoms with Crippen LogP contribution in [0.3, 0.4) is 0 Å². The Morgan fingerprint density at radius 3 is 2.78 bits per heavy atom. The largest absolute Gasteiger partial charge is 0.355 e. The van der Waals surface area contributed by atoms with E-state index < -0.39 is 0 Å². The lowest BCUT2D eigenvalue weighted by Crippen LogP contribution is -2.12. The average molecular weight is 320 g/mol. The van der Waals surface area contributed by atoms with E-state index in [2.05, 4.69) is 10.5 Å². The Morgan fingerprint density at radius 2 is 1.91 bits per heavy atom. The topological polar surface area (TPSA) is 55.1 Å². The van der Waals surface area contributed by atoms with Crippen molar-refractivity contribution in [2.24, 2.45) is 0 Å². The van der Waals surface area contributed by atoms with E-state index in [0.717, 1.165) is 21.3 Å². The maximum atomic E-state index is 12.4. The van der Waals surface area contributed by atoms with Gasteiger partial charge < -0.3 is 9.84 Å². The average Bonchev–Trinajstić information content (AvgIpc) is 3.26. The number of aromatic nitrogens is 1. The van der Waals surface area contributed by atoms with Gasteiger partial charge in [0.2, 0.25) is 0 Å². The van der Waals surface area contributed by atoms with Crippen LogP contribution in [0.5, 0.6) is 0 Å². The van der Waals surface area contributed by atoms with Crippen LogP contribution < -0.4 is 5.32 Å². The van der Waals surface area contributed by atoms with Crippen molar-refractivity contribution in [1.29, 1.82) is 0 Å². The summed E-state index contributed by atoms with van der Waals surface area (Å²) in [4.78, 5) is 13.4. The minimum absolute atomic E-state index is 0.265. The lowest BCUT2D eigenvalue weighted by atomic mass is 10.1. The molecule has 4 rings (SSSR count). The van der Waals surface area contributed by atoms with E-state index in [-0.39, 0.29) is 11.6 Å². The molecule has 23 heavy (non-hydrogen) atoms. The molecule has 2 heterocycles. The Kier molecular flexibility index (Phi) is 3.40. The van der Waals surface area contributed by atoms with E-state index in [1.54, 1.807) is 17.4 Å². The summed E-state index contributed by atoms with van der Waals surface area (Å²) < 4.78 is 5.25. The summed E-state index contributed by atoms with van der Waals surface area (Å²) in [5.74, 6) is 0.316. The molecule has 0 aliphatic rings. The Hall–Kier alpha value is -2.92. The van der Waals surface area contributed by atoms with Crippen molar-refractivity contribution in [1.82, 2.24) is 5.16 Å². The third kappa shape index (κ3) is 2.62. The Bertz CT molecular complexity index is 968. The van der Waals surface area contributed by atoms with Crippen LogP contribution in [0, 0.1) is 0 Å². The molecule has 1 N–H and O–H groups in total. The van der Waals surface area contributed by atoms with Gasteiger partial charge in [0.1, 0.15) is 0 Å². The van der Waals surface area contributed by atoms with Gasteiger partial charge in [-0.3, -0.25) is 4.79 Å². The summed E-state index contributed by atoms with van der Waals surface area (Å²) in [6, 6.07) is 19.2. The molecule has 0 spiro atoms. The quantitative estimate of drug-likeness (QED) is 0.589. The smallest absolute Gasteiger partial charge is 0.277 e. The van der Waals surface area contributed by atoms with E-state index in [1.807, 2.05) is 60.0 Å². The van der Waals surface area contributed by atoms with E-state index in [0.29, 0.717) is 5.76 Å². The first-order chi connectivity index (χ1) is 11.3. The molecule has 0 unspecified atom stereocenters. The van der Waals surface area contributed by atoms with Crippen LogP contribution >= 0.6 is 11.3 Å². The zero-order chi connectivity index (χ0) is 15.6. The molecule has 4 nitrogen and oxygen atoms in total. The first-order valence-electron chi connectivity index (χ1n) is 7.11. The first-order valence-corrected chi connectivity index (χ1v) is 7.99. The first kappa shape index (κ1) is 13.7. The molecule has 2 aromatic heterocycles. The number of nitrogens with one attached hydrogen (secondary N) is 1. The molecular formula is C18H12N2O2S. The molecule has 5 heteroatoms. The zero-order valence-corrected chi connectivity index (χ0v) is 12.8. The number of fused-ring (bicyclic) bond motifs is 1. The van der Waals surface area contributed by atoms with Crippen LogP contribution in [0.4, 0.5) is 5.69 Å². The molecule has 0 atom stereocenters. The lowest BCUT2D eigenvalue weighted by molar-refractivity contribution is 0.101. The molecule has 0 bridgehead atoms. The van der Waals surface area contributed by atoms with Crippen molar-refractivity contribution in [2.75, 3.05) is 5.32 Å². The number of hydrogen-bond donors (Lipinski definition) is 1. The molecular weight excluding hydrogens is 308 g/mol. The number of anilines is 1. The van der Waals surface area contributed by atoms with Crippen molar-refractivity contribution < 1.29 is 9.32 Å². The minimum Gasteiger partial charge on any atom is -0.355 e. The number of carbonyl (C=O) groups excluding carboxylic acids is 1. The molecule has 4 aromatic rings. The monoisotopic (exact) mass is 320 g/mol. The van der Waals surface area contributed by atoms with Gasteiger partial charge in [0.15, 0.2) is 11.5 Å². The summed E-state index contributed by atoms with van der Waals surface area (Å²) in [6.45, 7) is 0. The summed E-state index contributed by atoms with van der Waals surface area (Å²) >= 11 is 1.54. The summed E-state index contributed by atoms with van der Waals surface area (Å²) in [6.07, 6.45) is 0. The van der Waals surface area contributed by atoms with Crippen molar-refractivity contribution in [3.8, 4) is 10.6 Å². The Balaban J connectivity index is 1.62. The fraction of sp³-hybridized carbons (Fsp3) is 0. The van der Waals surface area contributed by atoms with Crippen LogP contribution in [0.15, 0.2) is 70.6 Å².